The van der Waals surface area contributed by atoms with Gasteiger partial charge in [0.25, 0.3) is 5.69 Å². The lowest BCUT2D eigenvalue weighted by Gasteiger charge is -2.03. The molecule has 0 aliphatic rings. The summed E-state index contributed by atoms with van der Waals surface area (Å²) in [5.74, 6) is -1.10. The zero-order valence-corrected chi connectivity index (χ0v) is 8.35. The van der Waals surface area contributed by atoms with E-state index in [9.17, 15) is 14.9 Å². The predicted octanol–water partition coefficient (Wildman–Crippen LogP) is 1.83. The number of benzene rings is 1. The van der Waals surface area contributed by atoms with Crippen molar-refractivity contribution in [3.05, 3.63) is 39.9 Å². The molecular formula is C9H8ClNO4. The molecule has 6 heteroatoms. The van der Waals surface area contributed by atoms with E-state index in [1.54, 1.807) is 0 Å². The highest BCUT2D eigenvalue weighted by Gasteiger charge is 2.14. The van der Waals surface area contributed by atoms with Crippen molar-refractivity contribution >= 4 is 23.3 Å². The molecule has 0 aromatic heterocycles. The van der Waals surface area contributed by atoms with Crippen molar-refractivity contribution in [1.29, 1.82) is 0 Å². The molecule has 0 bridgehead atoms. The van der Waals surface area contributed by atoms with Gasteiger partial charge in [-0.1, -0.05) is 12.1 Å². The molecule has 0 amide bonds. The van der Waals surface area contributed by atoms with Crippen LogP contribution in [0.2, 0.25) is 0 Å². The van der Waals surface area contributed by atoms with Gasteiger partial charge in [0.15, 0.2) is 0 Å². The van der Waals surface area contributed by atoms with Gasteiger partial charge < -0.3 is 5.11 Å². The van der Waals surface area contributed by atoms with Crippen LogP contribution in [0.3, 0.4) is 0 Å². The molecule has 0 radical (unpaired) electrons. The number of non-ortho nitro benzene ring substituents is 1. The average Bonchev–Trinajstić information content (AvgIpc) is 2.18. The highest BCUT2D eigenvalue weighted by Crippen LogP contribution is 2.14. The van der Waals surface area contributed by atoms with Crippen LogP contribution in [0.4, 0.5) is 5.69 Å². The molecule has 15 heavy (non-hydrogen) atoms. The SMILES string of the molecule is O=C(O)[C@H](Cl)Cc1ccc([N+](=O)[O-])cc1. The Morgan fingerprint density at radius 2 is 2.00 bits per heavy atom. The largest absolute Gasteiger partial charge is 0.480 e. The Balaban J connectivity index is 2.72. The molecule has 0 fully saturated rings. The van der Waals surface area contributed by atoms with Gasteiger partial charge >= 0.3 is 5.97 Å². The molecule has 0 aliphatic heterocycles. The van der Waals surface area contributed by atoms with E-state index in [0.29, 0.717) is 5.56 Å². The smallest absolute Gasteiger partial charge is 0.321 e. The first-order chi connectivity index (χ1) is 7.00. The van der Waals surface area contributed by atoms with Crippen molar-refractivity contribution in [1.82, 2.24) is 0 Å². The number of hydrogen-bond acceptors (Lipinski definition) is 3. The first-order valence-corrected chi connectivity index (χ1v) is 4.54. The molecule has 0 spiro atoms. The van der Waals surface area contributed by atoms with Gasteiger partial charge in [-0.15, -0.1) is 11.6 Å². The molecule has 5 nitrogen and oxygen atoms in total. The molecule has 1 aromatic rings. The molecule has 0 unspecified atom stereocenters. The maximum atomic E-state index is 10.4. The van der Waals surface area contributed by atoms with Gasteiger partial charge in [0.1, 0.15) is 5.38 Å². The fourth-order valence-corrected chi connectivity index (χ4v) is 1.23. The van der Waals surface area contributed by atoms with Crippen LogP contribution in [0.5, 0.6) is 0 Å². The molecule has 80 valence electrons. The fraction of sp³-hybridized carbons (Fsp3) is 0.222. The van der Waals surface area contributed by atoms with E-state index < -0.39 is 16.3 Å². The van der Waals surface area contributed by atoms with Gasteiger partial charge in [-0.3, -0.25) is 14.9 Å². The number of carbonyl (C=O) groups is 1. The van der Waals surface area contributed by atoms with Gasteiger partial charge in [0, 0.05) is 12.1 Å². The quantitative estimate of drug-likeness (QED) is 0.485. The molecule has 0 saturated carbocycles. The van der Waals surface area contributed by atoms with Crippen LogP contribution in [0.25, 0.3) is 0 Å². The number of halogens is 1. The van der Waals surface area contributed by atoms with Gasteiger partial charge in [-0.2, -0.15) is 0 Å². The summed E-state index contributed by atoms with van der Waals surface area (Å²) in [5, 5.41) is 17.9. The summed E-state index contributed by atoms with van der Waals surface area (Å²) in [7, 11) is 0. The normalized spacial score (nSPS) is 12.1. The molecule has 0 aliphatic carbocycles. The summed E-state index contributed by atoms with van der Waals surface area (Å²) in [6.45, 7) is 0. The number of carboxylic acid groups (broad SMARTS) is 1. The van der Waals surface area contributed by atoms with E-state index in [2.05, 4.69) is 0 Å². The minimum Gasteiger partial charge on any atom is -0.480 e. The number of alkyl halides is 1. The standard InChI is InChI=1S/C9H8ClNO4/c10-8(9(12)13)5-6-1-3-7(4-2-6)11(14)15/h1-4,8H,5H2,(H,12,13)/t8-/m1/s1. The highest BCUT2D eigenvalue weighted by atomic mass is 35.5. The lowest BCUT2D eigenvalue weighted by molar-refractivity contribution is -0.384. The summed E-state index contributed by atoms with van der Waals surface area (Å²) in [4.78, 5) is 20.3. The third kappa shape index (κ3) is 3.21. The minimum absolute atomic E-state index is 0.0276. The molecule has 1 aromatic carbocycles. The second-order valence-electron chi connectivity index (χ2n) is 2.93. The van der Waals surface area contributed by atoms with Gasteiger partial charge in [-0.25, -0.2) is 0 Å². The van der Waals surface area contributed by atoms with E-state index in [1.807, 2.05) is 0 Å². The Kier molecular flexibility index (Phi) is 3.62. The van der Waals surface area contributed by atoms with E-state index in [-0.39, 0.29) is 12.1 Å². The Morgan fingerprint density at radius 1 is 1.47 bits per heavy atom. The predicted molar refractivity (Wildman–Crippen MR) is 54.1 cm³/mol. The van der Waals surface area contributed by atoms with E-state index in [0.717, 1.165) is 0 Å². The van der Waals surface area contributed by atoms with Crippen molar-refractivity contribution < 1.29 is 14.8 Å². The van der Waals surface area contributed by atoms with Crippen molar-refractivity contribution in [2.45, 2.75) is 11.8 Å². The molecule has 1 N–H and O–H groups in total. The lowest BCUT2D eigenvalue weighted by Crippen LogP contribution is -2.15. The number of nitrogens with zero attached hydrogens (tertiary/aromatic N) is 1. The number of aliphatic carboxylic acids is 1. The van der Waals surface area contributed by atoms with E-state index >= 15 is 0 Å². The molecule has 0 saturated heterocycles. The summed E-state index contributed by atoms with van der Waals surface area (Å²) < 4.78 is 0. The second kappa shape index (κ2) is 4.75. The van der Waals surface area contributed by atoms with Gasteiger partial charge in [-0.05, 0) is 12.0 Å². The fourth-order valence-electron chi connectivity index (χ4n) is 1.05. The van der Waals surface area contributed by atoms with Crippen LogP contribution >= 0.6 is 11.6 Å². The number of rotatable bonds is 4. The number of nitro benzene ring substituents is 1. The maximum Gasteiger partial charge on any atom is 0.321 e. The molecule has 1 atom stereocenters. The first kappa shape index (κ1) is 11.5. The summed E-state index contributed by atoms with van der Waals surface area (Å²) in [5.41, 5.74) is 0.628. The van der Waals surface area contributed by atoms with Crippen molar-refractivity contribution in [2.24, 2.45) is 0 Å². The third-order valence-corrected chi connectivity index (χ3v) is 2.17. The summed E-state index contributed by atoms with van der Waals surface area (Å²) in [6, 6.07) is 5.63. The van der Waals surface area contributed by atoms with E-state index in [1.165, 1.54) is 24.3 Å². The Bertz CT molecular complexity index is 376. The van der Waals surface area contributed by atoms with Gasteiger partial charge in [0.2, 0.25) is 0 Å². The van der Waals surface area contributed by atoms with E-state index in [4.69, 9.17) is 16.7 Å². The number of carboxylic acids is 1. The van der Waals surface area contributed by atoms with Gasteiger partial charge in [0.05, 0.1) is 4.92 Å². The van der Waals surface area contributed by atoms with Crippen LogP contribution < -0.4 is 0 Å². The minimum atomic E-state index is -1.10. The van der Waals surface area contributed by atoms with Crippen LogP contribution in [0.15, 0.2) is 24.3 Å². The summed E-state index contributed by atoms with van der Waals surface area (Å²) >= 11 is 5.52. The Morgan fingerprint density at radius 3 is 2.40 bits per heavy atom. The monoisotopic (exact) mass is 229 g/mol. The van der Waals surface area contributed by atoms with Crippen molar-refractivity contribution in [3.8, 4) is 0 Å². The molecular weight excluding hydrogens is 222 g/mol. The molecule has 0 heterocycles. The zero-order valence-electron chi connectivity index (χ0n) is 7.59. The topological polar surface area (TPSA) is 80.4 Å². The van der Waals surface area contributed by atoms with Crippen LogP contribution in [0, 0.1) is 10.1 Å². The van der Waals surface area contributed by atoms with Crippen LogP contribution in [-0.4, -0.2) is 21.4 Å². The Hall–Kier alpha value is -1.62. The third-order valence-electron chi connectivity index (χ3n) is 1.83. The Labute approximate surface area is 90.4 Å². The van der Waals surface area contributed by atoms with Crippen molar-refractivity contribution in [3.63, 3.8) is 0 Å². The first-order valence-electron chi connectivity index (χ1n) is 4.11. The second-order valence-corrected chi connectivity index (χ2v) is 3.46. The maximum absolute atomic E-state index is 10.4. The number of nitro groups is 1. The van der Waals surface area contributed by atoms with Crippen molar-refractivity contribution in [2.75, 3.05) is 0 Å². The van der Waals surface area contributed by atoms with Crippen LogP contribution in [0.1, 0.15) is 5.56 Å². The average molecular weight is 230 g/mol. The lowest BCUT2D eigenvalue weighted by atomic mass is 10.1. The highest BCUT2D eigenvalue weighted by molar-refractivity contribution is 6.29. The molecule has 1 rings (SSSR count). The zero-order chi connectivity index (χ0) is 11.4. The van der Waals surface area contributed by atoms with Crippen LogP contribution in [-0.2, 0) is 11.2 Å². The number of hydrogen-bond donors (Lipinski definition) is 1. The summed E-state index contributed by atoms with van der Waals surface area (Å²) in [6.07, 6.45) is 0.148.